The summed E-state index contributed by atoms with van der Waals surface area (Å²) in [6.07, 6.45) is 1.38. The van der Waals surface area contributed by atoms with Crippen molar-refractivity contribution < 1.29 is 9.30 Å². The Morgan fingerprint density at radius 2 is 2.50 bits per heavy atom. The van der Waals surface area contributed by atoms with Crippen LogP contribution in [-0.4, -0.2) is 23.7 Å². The van der Waals surface area contributed by atoms with Crippen molar-refractivity contribution in [3.8, 4) is 0 Å². The van der Waals surface area contributed by atoms with Gasteiger partial charge in [0.25, 0.3) is 0 Å². The van der Waals surface area contributed by atoms with Gasteiger partial charge < -0.3 is 4.74 Å². The van der Waals surface area contributed by atoms with Crippen molar-refractivity contribution in [1.29, 1.82) is 0 Å². The van der Waals surface area contributed by atoms with Gasteiger partial charge in [-0.2, -0.15) is 0 Å². The highest BCUT2D eigenvalue weighted by molar-refractivity contribution is 8.04. The fraction of sp³-hybridized carbons (Fsp3) is 1.00. The smallest absolute Gasteiger partial charge is 0.323 e. The molecule has 0 aromatic rings. The summed E-state index contributed by atoms with van der Waals surface area (Å²) in [4.78, 5) is 0. The Morgan fingerprint density at radius 3 is 2.80 bits per heavy atom. The van der Waals surface area contributed by atoms with Gasteiger partial charge in [-0.15, -0.1) is 0 Å². The van der Waals surface area contributed by atoms with Crippen molar-refractivity contribution in [2.24, 2.45) is 0 Å². The lowest BCUT2D eigenvalue weighted by atomic mass is 10.3. The van der Waals surface area contributed by atoms with Crippen LogP contribution in [0.25, 0.3) is 0 Å². The topological polar surface area (TPSA) is 26.3 Å². The van der Waals surface area contributed by atoms with Gasteiger partial charge in [0.1, 0.15) is 6.66 Å². The molecule has 0 spiro atoms. The molecule has 1 aliphatic heterocycles. The Hall–Kier alpha value is 0.410. The summed E-state index contributed by atoms with van der Waals surface area (Å²) in [6.45, 7) is 3.82. The molecule has 0 amide bonds. The third-order valence-corrected chi connectivity index (χ3v) is 4.50. The molecular formula is C6H12O2PS+. The molecule has 0 aliphatic carbocycles. The van der Waals surface area contributed by atoms with Crippen molar-refractivity contribution in [2.45, 2.75) is 24.6 Å². The summed E-state index contributed by atoms with van der Waals surface area (Å²) in [5.41, 5.74) is 0. The van der Waals surface area contributed by atoms with E-state index in [1.807, 2.05) is 0 Å². The van der Waals surface area contributed by atoms with E-state index >= 15 is 0 Å². The minimum atomic E-state index is -1.14. The molecule has 0 N–H and O–H groups in total. The average Bonchev–Trinajstić information content (AvgIpc) is 2.34. The third-order valence-electron chi connectivity index (χ3n) is 1.49. The van der Waals surface area contributed by atoms with E-state index in [2.05, 4.69) is 6.92 Å². The first-order valence-electron chi connectivity index (χ1n) is 3.41. The van der Waals surface area contributed by atoms with Gasteiger partial charge in [0.15, 0.2) is 0 Å². The van der Waals surface area contributed by atoms with E-state index in [1.54, 1.807) is 18.4 Å². The lowest BCUT2D eigenvalue weighted by Crippen LogP contribution is -2.08. The van der Waals surface area contributed by atoms with Gasteiger partial charge in [-0.1, -0.05) is 23.3 Å². The highest BCUT2D eigenvalue weighted by atomic mass is 32.2. The molecule has 3 atom stereocenters. The molecule has 0 radical (unpaired) electrons. The van der Waals surface area contributed by atoms with E-state index < -0.39 is 7.80 Å². The fourth-order valence-electron chi connectivity index (χ4n) is 0.838. The third kappa shape index (κ3) is 1.94. The molecule has 0 aromatic carbocycles. The van der Waals surface area contributed by atoms with E-state index in [0.29, 0.717) is 6.10 Å². The molecule has 0 bridgehead atoms. The lowest BCUT2D eigenvalue weighted by molar-refractivity contribution is 0.101. The zero-order valence-corrected chi connectivity index (χ0v) is 7.95. The standard InChI is InChI=1S/C6H12O2PS/c1-3-5-4-10-6(8-5)9(2)7/h5-6H,3-4H2,1-2H3/q+1. The zero-order chi connectivity index (χ0) is 7.56. The SMILES string of the molecule is CCC1CSC([P+](C)=O)O1. The number of ether oxygens (including phenoxy) is 1. The van der Waals surface area contributed by atoms with E-state index in [9.17, 15) is 4.57 Å². The van der Waals surface area contributed by atoms with Crippen LogP contribution in [0.4, 0.5) is 0 Å². The summed E-state index contributed by atoms with van der Waals surface area (Å²) < 4.78 is 16.4. The van der Waals surface area contributed by atoms with Gasteiger partial charge in [-0.3, -0.25) is 0 Å². The van der Waals surface area contributed by atoms with Crippen LogP contribution in [0.1, 0.15) is 13.3 Å². The van der Waals surface area contributed by atoms with Gasteiger partial charge >= 0.3 is 13.0 Å². The van der Waals surface area contributed by atoms with Crippen molar-refractivity contribution in [3.05, 3.63) is 0 Å². The number of hydrogen-bond acceptors (Lipinski definition) is 3. The Labute approximate surface area is 66.5 Å². The largest absolute Gasteiger partial charge is 0.378 e. The molecule has 10 heavy (non-hydrogen) atoms. The van der Waals surface area contributed by atoms with Crippen LogP contribution in [-0.2, 0) is 9.30 Å². The normalized spacial score (nSPS) is 34.4. The molecule has 2 nitrogen and oxygen atoms in total. The Bertz CT molecular complexity index is 140. The minimum Gasteiger partial charge on any atom is -0.323 e. The van der Waals surface area contributed by atoms with Crippen molar-refractivity contribution >= 4 is 19.6 Å². The summed E-state index contributed by atoms with van der Waals surface area (Å²) >= 11 is 1.68. The lowest BCUT2D eigenvalue weighted by Gasteiger charge is -2.01. The van der Waals surface area contributed by atoms with Crippen LogP contribution < -0.4 is 0 Å². The van der Waals surface area contributed by atoms with Crippen LogP contribution in [0.2, 0.25) is 0 Å². The molecular weight excluding hydrogens is 167 g/mol. The molecule has 0 aromatic heterocycles. The van der Waals surface area contributed by atoms with Crippen LogP contribution >= 0.6 is 19.6 Å². The molecule has 1 rings (SSSR count). The van der Waals surface area contributed by atoms with E-state index in [1.165, 1.54) is 0 Å². The maximum atomic E-state index is 10.9. The highest BCUT2D eigenvalue weighted by Crippen LogP contribution is 2.40. The zero-order valence-electron chi connectivity index (χ0n) is 6.24. The molecule has 3 unspecified atom stereocenters. The second-order valence-corrected chi connectivity index (χ2v) is 5.36. The molecule has 1 aliphatic rings. The van der Waals surface area contributed by atoms with Crippen molar-refractivity contribution in [3.63, 3.8) is 0 Å². The van der Waals surface area contributed by atoms with Crippen LogP contribution in [0.5, 0.6) is 0 Å². The Morgan fingerprint density at radius 1 is 1.80 bits per heavy atom. The van der Waals surface area contributed by atoms with Crippen LogP contribution in [0.3, 0.4) is 0 Å². The number of hydrogen-bond donors (Lipinski definition) is 0. The van der Waals surface area contributed by atoms with Crippen LogP contribution in [0.15, 0.2) is 0 Å². The quantitative estimate of drug-likeness (QED) is 0.608. The first-order chi connectivity index (χ1) is 4.74. The van der Waals surface area contributed by atoms with E-state index in [-0.39, 0.29) is 5.18 Å². The Kier molecular flexibility index (Phi) is 3.15. The Balaban J connectivity index is 2.35. The maximum Gasteiger partial charge on any atom is 0.378 e. The molecule has 1 heterocycles. The number of rotatable bonds is 2. The van der Waals surface area contributed by atoms with E-state index in [0.717, 1.165) is 12.2 Å². The van der Waals surface area contributed by atoms with Crippen molar-refractivity contribution in [2.75, 3.05) is 12.4 Å². The maximum absolute atomic E-state index is 10.9. The van der Waals surface area contributed by atoms with Gasteiger partial charge in [0.05, 0.1) is 6.10 Å². The van der Waals surface area contributed by atoms with Crippen LogP contribution in [0, 0.1) is 0 Å². The van der Waals surface area contributed by atoms with Gasteiger partial charge in [-0.25, -0.2) is 0 Å². The fourth-order valence-corrected chi connectivity index (χ4v) is 3.21. The van der Waals surface area contributed by atoms with Crippen molar-refractivity contribution in [1.82, 2.24) is 0 Å². The summed E-state index contributed by atoms with van der Waals surface area (Å²) in [5.74, 6) is 1.01. The summed E-state index contributed by atoms with van der Waals surface area (Å²) in [7, 11) is -1.14. The second kappa shape index (κ2) is 3.70. The van der Waals surface area contributed by atoms with Gasteiger partial charge in [-0.05, 0) is 6.42 Å². The summed E-state index contributed by atoms with van der Waals surface area (Å²) in [6, 6.07) is 0. The second-order valence-electron chi connectivity index (χ2n) is 2.35. The predicted molar refractivity (Wildman–Crippen MR) is 44.9 cm³/mol. The molecule has 1 saturated heterocycles. The predicted octanol–water partition coefficient (Wildman–Crippen LogP) is 2.27. The molecule has 0 saturated carbocycles. The molecule has 1 fully saturated rings. The first-order valence-corrected chi connectivity index (χ1v) is 6.23. The molecule has 58 valence electrons. The van der Waals surface area contributed by atoms with Gasteiger partial charge in [0.2, 0.25) is 0 Å². The number of thioether (sulfide) groups is 1. The average molecular weight is 179 g/mol. The molecule has 4 heteroatoms. The van der Waals surface area contributed by atoms with Gasteiger partial charge in [0, 0.05) is 5.75 Å². The summed E-state index contributed by atoms with van der Waals surface area (Å²) in [5, 5.41) is -0.0278. The highest BCUT2D eigenvalue weighted by Gasteiger charge is 2.35. The minimum absolute atomic E-state index is 0.0278. The monoisotopic (exact) mass is 179 g/mol. The van der Waals surface area contributed by atoms with E-state index in [4.69, 9.17) is 4.74 Å². The first kappa shape index (κ1) is 8.51.